The van der Waals surface area contributed by atoms with E-state index in [0.717, 1.165) is 36.3 Å². The Kier molecular flexibility index (Phi) is 5.18. The molecule has 6 aliphatic carbocycles. The molecule has 31 heavy (non-hydrogen) atoms. The van der Waals surface area contributed by atoms with Crippen LogP contribution in [0.15, 0.2) is 0 Å². The van der Waals surface area contributed by atoms with Gasteiger partial charge in [-0.2, -0.15) is 5.10 Å². The lowest BCUT2D eigenvalue weighted by Crippen LogP contribution is -2.55. The number of hydrogen-bond acceptors (Lipinski definition) is 2. The second kappa shape index (κ2) is 7.92. The van der Waals surface area contributed by atoms with Crippen LogP contribution in [0.3, 0.4) is 0 Å². The Morgan fingerprint density at radius 1 is 0.935 bits per heavy atom. The molecule has 1 atom stereocenters. The topological polar surface area (TPSA) is 46.9 Å². The van der Waals surface area contributed by atoms with Crippen molar-refractivity contribution in [1.29, 1.82) is 0 Å². The Balaban J connectivity index is 1.25. The minimum atomic E-state index is 0.121. The summed E-state index contributed by atoms with van der Waals surface area (Å²) in [4.78, 5) is 13.6. The van der Waals surface area contributed by atoms with E-state index in [1.807, 2.05) is 0 Å². The van der Waals surface area contributed by atoms with E-state index in [4.69, 9.17) is 5.10 Å². The predicted octanol–water partition coefficient (Wildman–Crippen LogP) is 5.99. The molecule has 5 fully saturated rings. The van der Waals surface area contributed by atoms with Crippen LogP contribution in [0.1, 0.15) is 125 Å². The van der Waals surface area contributed by atoms with Crippen LogP contribution in [0.4, 0.5) is 0 Å². The highest BCUT2D eigenvalue weighted by atomic mass is 16.2. The van der Waals surface area contributed by atoms with E-state index in [0.29, 0.717) is 11.5 Å². The molecule has 1 aromatic heterocycles. The van der Waals surface area contributed by atoms with Gasteiger partial charge in [0.2, 0.25) is 0 Å². The van der Waals surface area contributed by atoms with Crippen molar-refractivity contribution in [3.05, 3.63) is 17.0 Å². The molecule has 0 saturated heterocycles. The molecule has 1 aromatic rings. The Morgan fingerprint density at radius 3 is 2.23 bits per heavy atom. The van der Waals surface area contributed by atoms with E-state index >= 15 is 0 Å². The summed E-state index contributed by atoms with van der Waals surface area (Å²) in [5.74, 6) is 2.89. The zero-order valence-electron chi connectivity index (χ0n) is 19.5. The number of fused-ring (bicyclic) bond motifs is 1. The smallest absolute Gasteiger partial charge is 0.272 e. The van der Waals surface area contributed by atoms with Gasteiger partial charge in [0.1, 0.15) is 0 Å². The molecule has 1 N–H and O–H groups in total. The summed E-state index contributed by atoms with van der Waals surface area (Å²) >= 11 is 0. The van der Waals surface area contributed by atoms with Crippen LogP contribution in [0, 0.1) is 23.2 Å². The van der Waals surface area contributed by atoms with Crippen molar-refractivity contribution in [2.75, 3.05) is 0 Å². The van der Waals surface area contributed by atoms with Crippen LogP contribution < -0.4 is 5.32 Å². The fourth-order valence-electron chi connectivity index (χ4n) is 8.74. The van der Waals surface area contributed by atoms with Crippen molar-refractivity contribution in [3.8, 4) is 0 Å². The molecule has 1 heterocycles. The monoisotopic (exact) mass is 423 g/mol. The van der Waals surface area contributed by atoms with Gasteiger partial charge in [0.25, 0.3) is 5.91 Å². The van der Waals surface area contributed by atoms with Gasteiger partial charge in [-0.1, -0.05) is 25.7 Å². The molecular formula is C27H41N3O. The van der Waals surface area contributed by atoms with Crippen molar-refractivity contribution in [1.82, 2.24) is 15.1 Å². The minimum absolute atomic E-state index is 0.121. The molecule has 0 spiro atoms. The molecule has 0 radical (unpaired) electrons. The Labute approximate surface area is 187 Å². The fraction of sp³-hybridized carbons (Fsp3) is 0.852. The van der Waals surface area contributed by atoms with Crippen LogP contribution >= 0.6 is 0 Å². The van der Waals surface area contributed by atoms with Crippen LogP contribution in [-0.4, -0.2) is 21.7 Å². The third-order valence-electron chi connectivity index (χ3n) is 9.95. The van der Waals surface area contributed by atoms with E-state index in [1.165, 1.54) is 101 Å². The summed E-state index contributed by atoms with van der Waals surface area (Å²) in [6, 6.07) is 0.789. The number of nitrogens with zero attached hydrogens (tertiary/aromatic N) is 2. The van der Waals surface area contributed by atoms with Crippen molar-refractivity contribution in [2.24, 2.45) is 23.2 Å². The van der Waals surface area contributed by atoms with Crippen molar-refractivity contribution in [3.63, 3.8) is 0 Å². The van der Waals surface area contributed by atoms with Gasteiger partial charge < -0.3 is 5.32 Å². The van der Waals surface area contributed by atoms with Crippen LogP contribution in [0.5, 0.6) is 0 Å². The van der Waals surface area contributed by atoms with E-state index < -0.39 is 0 Å². The third-order valence-corrected chi connectivity index (χ3v) is 9.95. The Hall–Kier alpha value is -1.32. The van der Waals surface area contributed by atoms with E-state index in [2.05, 4.69) is 16.9 Å². The summed E-state index contributed by atoms with van der Waals surface area (Å²) in [5.41, 5.74) is 3.82. The lowest BCUT2D eigenvalue weighted by Gasteiger charge is -2.59. The van der Waals surface area contributed by atoms with Gasteiger partial charge in [0.15, 0.2) is 5.69 Å². The average molecular weight is 424 g/mol. The second-order valence-electron chi connectivity index (χ2n) is 12.0. The molecule has 0 aromatic carbocycles. The molecular weight excluding hydrogens is 382 g/mol. The van der Waals surface area contributed by atoms with Crippen molar-refractivity contribution in [2.45, 2.75) is 122 Å². The van der Waals surface area contributed by atoms with Gasteiger partial charge >= 0.3 is 0 Å². The Morgan fingerprint density at radius 2 is 1.55 bits per heavy atom. The molecule has 4 heteroatoms. The van der Waals surface area contributed by atoms with Crippen LogP contribution in [-0.2, 0) is 12.8 Å². The predicted molar refractivity (Wildman–Crippen MR) is 123 cm³/mol. The lowest BCUT2D eigenvalue weighted by atomic mass is 9.48. The highest BCUT2D eigenvalue weighted by Gasteiger charge is 2.53. The first-order chi connectivity index (χ1) is 15.1. The first-order valence-electron chi connectivity index (χ1n) is 13.5. The number of aromatic nitrogens is 2. The average Bonchev–Trinajstić information content (AvgIpc) is 2.94. The molecule has 6 aliphatic rings. The minimum Gasteiger partial charge on any atom is -0.348 e. The maximum absolute atomic E-state index is 13.6. The SMILES string of the molecule is CC(NC(=O)c1nn(C2CCCCC2)c2c1CCCCC2)C12CC3CC(CC(C3)C1)C2. The lowest BCUT2D eigenvalue weighted by molar-refractivity contribution is -0.0688. The van der Waals surface area contributed by atoms with Crippen molar-refractivity contribution < 1.29 is 4.79 Å². The summed E-state index contributed by atoms with van der Waals surface area (Å²) in [5, 5.41) is 8.59. The zero-order chi connectivity index (χ0) is 21.0. The van der Waals surface area contributed by atoms with Crippen LogP contribution in [0.25, 0.3) is 0 Å². The quantitative estimate of drug-likeness (QED) is 0.605. The van der Waals surface area contributed by atoms with Gasteiger partial charge in [0.05, 0.1) is 6.04 Å². The molecule has 7 rings (SSSR count). The molecule has 170 valence electrons. The maximum Gasteiger partial charge on any atom is 0.272 e. The highest BCUT2D eigenvalue weighted by molar-refractivity contribution is 5.94. The summed E-state index contributed by atoms with van der Waals surface area (Å²) < 4.78 is 2.32. The summed E-state index contributed by atoms with van der Waals surface area (Å²) in [6.45, 7) is 2.31. The zero-order valence-corrected chi connectivity index (χ0v) is 19.5. The van der Waals surface area contributed by atoms with Gasteiger partial charge in [-0.3, -0.25) is 9.48 Å². The number of carbonyl (C=O) groups excluding carboxylic acids is 1. The molecule has 5 saturated carbocycles. The van der Waals surface area contributed by atoms with E-state index in [9.17, 15) is 4.79 Å². The Bertz CT molecular complexity index is 798. The van der Waals surface area contributed by atoms with Gasteiger partial charge in [-0.15, -0.1) is 0 Å². The van der Waals surface area contributed by atoms with Crippen LogP contribution in [0.2, 0.25) is 0 Å². The number of amides is 1. The van der Waals surface area contributed by atoms with E-state index in [1.54, 1.807) is 0 Å². The number of nitrogens with one attached hydrogen (secondary N) is 1. The summed E-state index contributed by atoms with van der Waals surface area (Å²) in [6.07, 6.45) is 20.7. The number of hydrogen-bond donors (Lipinski definition) is 1. The van der Waals surface area contributed by atoms with E-state index in [-0.39, 0.29) is 11.9 Å². The number of rotatable bonds is 4. The normalized spacial score (nSPS) is 36.1. The largest absolute Gasteiger partial charge is 0.348 e. The first kappa shape index (κ1) is 20.3. The van der Waals surface area contributed by atoms with Crippen molar-refractivity contribution >= 4 is 5.91 Å². The summed E-state index contributed by atoms with van der Waals surface area (Å²) in [7, 11) is 0. The first-order valence-corrected chi connectivity index (χ1v) is 13.5. The standard InChI is InChI=1S/C27H41N3O/c1-18(27-15-19-12-20(16-27)14-21(13-19)17-27)28-26(31)25-23-10-6-3-7-11-24(23)30(29-25)22-8-4-2-5-9-22/h18-22H,2-17H2,1H3,(H,28,31). The van der Waals surface area contributed by atoms with Gasteiger partial charge in [0, 0.05) is 17.3 Å². The second-order valence-corrected chi connectivity index (χ2v) is 12.0. The molecule has 1 unspecified atom stereocenters. The third kappa shape index (κ3) is 3.56. The van der Waals surface area contributed by atoms with Gasteiger partial charge in [-0.05, 0) is 107 Å². The highest BCUT2D eigenvalue weighted by Crippen LogP contribution is 2.61. The number of carbonyl (C=O) groups is 1. The molecule has 0 aliphatic heterocycles. The fourth-order valence-corrected chi connectivity index (χ4v) is 8.74. The molecule has 4 nitrogen and oxygen atoms in total. The molecule has 1 amide bonds. The van der Waals surface area contributed by atoms with Gasteiger partial charge in [-0.25, -0.2) is 0 Å². The molecule has 4 bridgehead atoms. The maximum atomic E-state index is 13.6.